The molecule has 0 saturated carbocycles. The van der Waals surface area contributed by atoms with Gasteiger partial charge in [0.1, 0.15) is 16.1 Å². The van der Waals surface area contributed by atoms with E-state index in [0.29, 0.717) is 28.8 Å². The molecule has 8 nitrogen and oxygen atoms in total. The fourth-order valence-electron chi connectivity index (χ4n) is 3.63. The first kappa shape index (κ1) is 19.4. The molecule has 0 radical (unpaired) electrons. The number of ether oxygens (including phenoxy) is 2. The predicted molar refractivity (Wildman–Crippen MR) is 118 cm³/mol. The maximum absolute atomic E-state index is 12.4. The number of thioether (sulfide) groups is 1. The number of aromatic nitrogens is 3. The van der Waals surface area contributed by atoms with Crippen molar-refractivity contribution in [2.45, 2.75) is 24.8 Å². The van der Waals surface area contributed by atoms with Crippen molar-refractivity contribution in [2.24, 2.45) is 5.92 Å². The number of fused-ring (bicyclic) bond motifs is 2. The van der Waals surface area contributed by atoms with Gasteiger partial charge >= 0.3 is 0 Å². The van der Waals surface area contributed by atoms with Crippen molar-refractivity contribution >= 4 is 50.2 Å². The molecule has 1 atom stereocenters. The van der Waals surface area contributed by atoms with Crippen molar-refractivity contribution in [2.75, 3.05) is 35.9 Å². The quantitative estimate of drug-likeness (QED) is 0.471. The van der Waals surface area contributed by atoms with Crippen molar-refractivity contribution in [3.05, 3.63) is 24.5 Å². The average molecular weight is 444 g/mol. The standard InChI is InChI=1S/C20H21N5O3S2/c1-12-3-2-6-25(8-12)20-24-18-17(30-20)19(22-10-21-18)29-9-16(26)23-13-4-5-14-15(7-13)28-11-27-14/h4-5,7,10,12H,2-3,6,8-9,11H2,1H3,(H,23,26)/t12-/m1/s1. The summed E-state index contributed by atoms with van der Waals surface area (Å²) in [5.74, 6) is 2.14. The number of carbonyl (C=O) groups is 1. The molecular weight excluding hydrogens is 422 g/mol. The summed E-state index contributed by atoms with van der Waals surface area (Å²) in [6.07, 6.45) is 3.97. The van der Waals surface area contributed by atoms with Crippen LogP contribution < -0.4 is 19.7 Å². The van der Waals surface area contributed by atoms with E-state index in [1.54, 1.807) is 29.5 Å². The predicted octanol–water partition coefficient (Wildman–Crippen LogP) is 3.78. The van der Waals surface area contributed by atoms with Gasteiger partial charge in [-0.1, -0.05) is 30.0 Å². The average Bonchev–Trinajstić information content (AvgIpc) is 3.39. The second kappa shape index (κ2) is 8.27. The van der Waals surface area contributed by atoms with Gasteiger partial charge in [-0.2, -0.15) is 4.98 Å². The highest BCUT2D eigenvalue weighted by Crippen LogP contribution is 2.36. The Balaban J connectivity index is 1.26. The molecule has 1 fully saturated rings. The number of nitrogens with one attached hydrogen (secondary N) is 1. The van der Waals surface area contributed by atoms with E-state index in [4.69, 9.17) is 14.5 Å². The molecule has 30 heavy (non-hydrogen) atoms. The molecule has 10 heteroatoms. The van der Waals surface area contributed by atoms with Gasteiger partial charge in [0.05, 0.1) is 5.75 Å². The molecule has 0 bridgehead atoms. The van der Waals surface area contributed by atoms with Gasteiger partial charge in [0.2, 0.25) is 12.7 Å². The van der Waals surface area contributed by atoms with Gasteiger partial charge in [-0.3, -0.25) is 4.79 Å². The lowest BCUT2D eigenvalue weighted by atomic mass is 10.0. The molecule has 1 amide bonds. The normalized spacial score (nSPS) is 18.0. The molecule has 5 rings (SSSR count). The van der Waals surface area contributed by atoms with Gasteiger partial charge in [-0.05, 0) is 30.9 Å². The van der Waals surface area contributed by atoms with Crippen LogP contribution in [0.25, 0.3) is 10.3 Å². The number of amides is 1. The summed E-state index contributed by atoms with van der Waals surface area (Å²) >= 11 is 3.00. The zero-order valence-corrected chi connectivity index (χ0v) is 18.1. The maximum atomic E-state index is 12.4. The van der Waals surface area contributed by atoms with Crippen LogP contribution in [0.2, 0.25) is 0 Å². The van der Waals surface area contributed by atoms with Crippen LogP contribution in [0.15, 0.2) is 29.6 Å². The molecule has 0 aliphatic carbocycles. The van der Waals surface area contributed by atoms with Crippen LogP contribution in [0.3, 0.4) is 0 Å². The van der Waals surface area contributed by atoms with Crippen molar-refractivity contribution in [1.29, 1.82) is 0 Å². The largest absolute Gasteiger partial charge is 0.454 e. The highest BCUT2D eigenvalue weighted by molar-refractivity contribution is 8.00. The van der Waals surface area contributed by atoms with E-state index in [9.17, 15) is 4.79 Å². The van der Waals surface area contributed by atoms with E-state index < -0.39 is 0 Å². The molecule has 2 aliphatic heterocycles. The van der Waals surface area contributed by atoms with Gasteiger partial charge < -0.3 is 19.7 Å². The Bertz CT molecular complexity index is 1090. The number of hydrogen-bond acceptors (Lipinski definition) is 9. The maximum Gasteiger partial charge on any atom is 0.234 e. The molecule has 3 aromatic rings. The van der Waals surface area contributed by atoms with Crippen molar-refractivity contribution in [3.8, 4) is 11.5 Å². The van der Waals surface area contributed by atoms with E-state index in [0.717, 1.165) is 27.9 Å². The molecular formula is C20H21N5O3S2. The molecule has 2 aromatic heterocycles. The molecule has 0 unspecified atom stereocenters. The number of carbonyl (C=O) groups excluding carboxylic acids is 1. The van der Waals surface area contributed by atoms with Crippen molar-refractivity contribution in [1.82, 2.24) is 15.0 Å². The first-order valence-electron chi connectivity index (χ1n) is 9.84. The number of nitrogens with zero attached hydrogens (tertiary/aromatic N) is 4. The van der Waals surface area contributed by atoms with Gasteiger partial charge in [0.25, 0.3) is 0 Å². The third-order valence-electron chi connectivity index (χ3n) is 5.07. The van der Waals surface area contributed by atoms with Gasteiger partial charge in [0.15, 0.2) is 22.3 Å². The second-order valence-electron chi connectivity index (χ2n) is 7.43. The smallest absolute Gasteiger partial charge is 0.234 e. The molecule has 156 valence electrons. The molecule has 2 aliphatic rings. The third kappa shape index (κ3) is 4.01. The van der Waals surface area contributed by atoms with E-state index in [-0.39, 0.29) is 18.5 Å². The van der Waals surface area contributed by atoms with E-state index >= 15 is 0 Å². The molecule has 4 heterocycles. The Labute approximate surface area is 182 Å². The summed E-state index contributed by atoms with van der Waals surface area (Å²) in [7, 11) is 0. The lowest BCUT2D eigenvalue weighted by molar-refractivity contribution is -0.113. The number of anilines is 2. The van der Waals surface area contributed by atoms with Crippen LogP contribution in [0.1, 0.15) is 19.8 Å². The lowest BCUT2D eigenvalue weighted by Gasteiger charge is -2.30. The number of rotatable bonds is 5. The third-order valence-corrected chi connectivity index (χ3v) is 7.30. The summed E-state index contributed by atoms with van der Waals surface area (Å²) in [5, 5.41) is 4.67. The Morgan fingerprint density at radius 1 is 1.33 bits per heavy atom. The van der Waals surface area contributed by atoms with E-state index in [1.807, 2.05) is 0 Å². The summed E-state index contributed by atoms with van der Waals surface area (Å²) < 4.78 is 11.6. The van der Waals surface area contributed by atoms with E-state index in [1.165, 1.54) is 30.9 Å². The van der Waals surface area contributed by atoms with Crippen LogP contribution >= 0.6 is 23.1 Å². The van der Waals surface area contributed by atoms with E-state index in [2.05, 4.69) is 27.1 Å². The van der Waals surface area contributed by atoms with Gasteiger partial charge in [0, 0.05) is 24.8 Å². The Morgan fingerprint density at radius 2 is 2.23 bits per heavy atom. The SMILES string of the molecule is C[C@@H]1CCCN(c2nc3ncnc(SCC(=O)Nc4ccc5c(c4)OCO5)c3s2)C1. The minimum atomic E-state index is -0.111. The highest BCUT2D eigenvalue weighted by Gasteiger charge is 2.21. The fraction of sp³-hybridized carbons (Fsp3) is 0.400. The minimum absolute atomic E-state index is 0.111. The summed E-state index contributed by atoms with van der Waals surface area (Å²) in [4.78, 5) is 28.2. The molecule has 1 saturated heterocycles. The van der Waals surface area contributed by atoms with Crippen LogP contribution in [-0.4, -0.2) is 46.5 Å². The summed E-state index contributed by atoms with van der Waals surface area (Å²) in [6.45, 7) is 4.53. The lowest BCUT2D eigenvalue weighted by Crippen LogP contribution is -2.34. The monoisotopic (exact) mass is 443 g/mol. The topological polar surface area (TPSA) is 89.5 Å². The molecule has 1 N–H and O–H groups in total. The first-order chi connectivity index (χ1) is 14.7. The number of thiazole rings is 1. The number of benzene rings is 1. The van der Waals surface area contributed by atoms with Crippen LogP contribution in [0.4, 0.5) is 10.8 Å². The highest BCUT2D eigenvalue weighted by atomic mass is 32.2. The Kier molecular flexibility index (Phi) is 5.34. The van der Waals surface area contributed by atoms with Crippen molar-refractivity contribution < 1.29 is 14.3 Å². The molecule has 1 aromatic carbocycles. The zero-order valence-electron chi connectivity index (χ0n) is 16.5. The molecule has 0 spiro atoms. The van der Waals surface area contributed by atoms with Gasteiger partial charge in [-0.25, -0.2) is 9.97 Å². The van der Waals surface area contributed by atoms with Crippen LogP contribution in [0.5, 0.6) is 11.5 Å². The Morgan fingerprint density at radius 3 is 3.13 bits per heavy atom. The zero-order chi connectivity index (χ0) is 20.5. The number of hydrogen-bond donors (Lipinski definition) is 1. The summed E-state index contributed by atoms with van der Waals surface area (Å²) in [5.41, 5.74) is 1.37. The number of piperidine rings is 1. The minimum Gasteiger partial charge on any atom is -0.454 e. The van der Waals surface area contributed by atoms with Crippen molar-refractivity contribution in [3.63, 3.8) is 0 Å². The Hall–Kier alpha value is -2.59. The van der Waals surface area contributed by atoms with Crippen LogP contribution in [0, 0.1) is 5.92 Å². The first-order valence-corrected chi connectivity index (χ1v) is 11.6. The second-order valence-corrected chi connectivity index (χ2v) is 9.37. The summed E-state index contributed by atoms with van der Waals surface area (Å²) in [6, 6.07) is 5.36. The van der Waals surface area contributed by atoms with Crippen LogP contribution in [-0.2, 0) is 4.79 Å². The van der Waals surface area contributed by atoms with Gasteiger partial charge in [-0.15, -0.1) is 0 Å². The fourth-order valence-corrected chi connectivity index (χ4v) is 5.55.